The van der Waals surface area contributed by atoms with Gasteiger partial charge in [-0.3, -0.25) is 4.98 Å². The maximum atomic E-state index is 9.75. The van der Waals surface area contributed by atoms with Crippen LogP contribution in [0.5, 0.6) is 0 Å². The van der Waals surface area contributed by atoms with Crippen LogP contribution in [0.25, 0.3) is 22.3 Å². The molecule has 2 atom stereocenters. The van der Waals surface area contributed by atoms with Crippen LogP contribution in [0.4, 0.5) is 5.95 Å². The molecule has 0 aromatic carbocycles. The Labute approximate surface area is 211 Å². The first-order chi connectivity index (χ1) is 17.1. The Morgan fingerprint density at radius 2 is 1.97 bits per heavy atom. The van der Waals surface area contributed by atoms with E-state index in [-0.39, 0.29) is 0 Å². The highest BCUT2D eigenvalue weighted by Gasteiger charge is 2.38. The third kappa shape index (κ3) is 4.28. The molecule has 0 amide bonds. The number of piperazine rings is 1. The third-order valence-electron chi connectivity index (χ3n) is 8.27. The molecule has 2 aliphatic carbocycles. The SMILES string of the molecule is CC1CCC(Cn2c(N3CCN[C@@H]4CCC[C@H]43)nc3cc(C#N)nc(-c4cncc(Cl)c4)c32)CC1. The van der Waals surface area contributed by atoms with Gasteiger partial charge in [0.25, 0.3) is 0 Å². The largest absolute Gasteiger partial charge is 0.336 e. The summed E-state index contributed by atoms with van der Waals surface area (Å²) in [5.41, 5.74) is 3.77. The minimum Gasteiger partial charge on any atom is -0.336 e. The van der Waals surface area contributed by atoms with Gasteiger partial charge in [-0.1, -0.05) is 31.4 Å². The third-order valence-corrected chi connectivity index (χ3v) is 8.48. The summed E-state index contributed by atoms with van der Waals surface area (Å²) in [5.74, 6) is 2.46. The number of aromatic nitrogens is 4. The van der Waals surface area contributed by atoms with Crippen LogP contribution in [0.3, 0.4) is 0 Å². The van der Waals surface area contributed by atoms with Crippen LogP contribution >= 0.6 is 11.6 Å². The van der Waals surface area contributed by atoms with Crippen molar-refractivity contribution in [3.05, 3.63) is 35.2 Å². The number of anilines is 1. The molecule has 1 N–H and O–H groups in total. The molecule has 2 saturated carbocycles. The van der Waals surface area contributed by atoms with Crippen LogP contribution in [0.15, 0.2) is 24.5 Å². The lowest BCUT2D eigenvalue weighted by Crippen LogP contribution is -2.56. The van der Waals surface area contributed by atoms with Crippen molar-refractivity contribution in [2.75, 3.05) is 18.0 Å². The van der Waals surface area contributed by atoms with Gasteiger partial charge in [0.1, 0.15) is 11.8 Å². The standard InChI is InChI=1S/C27H32ClN7/c1-17-5-7-18(8-6-17)16-35-26-23(33-27(35)34-10-9-31-22-3-2-4-24(22)34)12-21(13-29)32-25(26)19-11-20(28)15-30-14-19/h11-12,14-15,17-18,22,24,31H,2-10,16H2,1H3/t17?,18?,22-,24-/m1/s1. The van der Waals surface area contributed by atoms with Crippen molar-refractivity contribution in [1.29, 1.82) is 5.26 Å². The van der Waals surface area contributed by atoms with Gasteiger partial charge in [0.2, 0.25) is 5.95 Å². The molecule has 35 heavy (non-hydrogen) atoms. The van der Waals surface area contributed by atoms with Crippen molar-refractivity contribution in [1.82, 2.24) is 24.8 Å². The number of hydrogen-bond donors (Lipinski definition) is 1. The van der Waals surface area contributed by atoms with Gasteiger partial charge >= 0.3 is 0 Å². The predicted molar refractivity (Wildman–Crippen MR) is 138 cm³/mol. The van der Waals surface area contributed by atoms with Crippen LogP contribution < -0.4 is 10.2 Å². The lowest BCUT2D eigenvalue weighted by Gasteiger charge is -2.39. The molecule has 3 aliphatic rings. The summed E-state index contributed by atoms with van der Waals surface area (Å²) in [6.07, 6.45) is 12.1. The van der Waals surface area contributed by atoms with Crippen molar-refractivity contribution in [2.24, 2.45) is 11.8 Å². The highest BCUT2D eigenvalue weighted by atomic mass is 35.5. The fourth-order valence-electron chi connectivity index (χ4n) is 6.44. The minimum atomic E-state index is 0.370. The van der Waals surface area contributed by atoms with E-state index in [1.807, 2.05) is 12.1 Å². The van der Waals surface area contributed by atoms with Crippen molar-refractivity contribution >= 4 is 28.6 Å². The summed E-state index contributed by atoms with van der Waals surface area (Å²) < 4.78 is 2.42. The Kier molecular flexibility index (Phi) is 6.11. The fourth-order valence-corrected chi connectivity index (χ4v) is 6.62. The van der Waals surface area contributed by atoms with Gasteiger partial charge in [-0.25, -0.2) is 9.97 Å². The molecule has 8 heteroatoms. The zero-order valence-corrected chi connectivity index (χ0v) is 21.0. The zero-order chi connectivity index (χ0) is 23.9. The summed E-state index contributed by atoms with van der Waals surface area (Å²) in [6, 6.07) is 6.95. The zero-order valence-electron chi connectivity index (χ0n) is 20.3. The lowest BCUT2D eigenvalue weighted by molar-refractivity contribution is 0.266. The highest BCUT2D eigenvalue weighted by Crippen LogP contribution is 2.38. The van der Waals surface area contributed by atoms with E-state index in [9.17, 15) is 5.26 Å². The maximum Gasteiger partial charge on any atom is 0.206 e. The molecule has 1 aliphatic heterocycles. The van der Waals surface area contributed by atoms with Crippen molar-refractivity contribution in [3.63, 3.8) is 0 Å². The van der Waals surface area contributed by atoms with Crippen LogP contribution in [0.2, 0.25) is 5.02 Å². The number of nitriles is 1. The maximum absolute atomic E-state index is 9.75. The number of nitrogens with one attached hydrogen (secondary N) is 1. The van der Waals surface area contributed by atoms with Crippen molar-refractivity contribution < 1.29 is 0 Å². The summed E-state index contributed by atoms with van der Waals surface area (Å²) in [4.78, 5) is 16.8. The van der Waals surface area contributed by atoms with E-state index in [0.29, 0.717) is 28.7 Å². The first-order valence-corrected chi connectivity index (χ1v) is 13.4. The van der Waals surface area contributed by atoms with E-state index in [4.69, 9.17) is 21.6 Å². The molecule has 182 valence electrons. The van der Waals surface area contributed by atoms with E-state index in [1.165, 1.54) is 44.9 Å². The predicted octanol–water partition coefficient (Wildman–Crippen LogP) is 5.18. The average Bonchev–Trinajstić information content (AvgIpc) is 3.49. The fraction of sp³-hybridized carbons (Fsp3) is 0.556. The van der Waals surface area contributed by atoms with Gasteiger partial charge < -0.3 is 14.8 Å². The summed E-state index contributed by atoms with van der Waals surface area (Å²) >= 11 is 6.32. The average molecular weight is 490 g/mol. The van der Waals surface area contributed by atoms with E-state index in [0.717, 1.165) is 53.8 Å². The van der Waals surface area contributed by atoms with Gasteiger partial charge in [-0.2, -0.15) is 5.26 Å². The molecule has 7 nitrogen and oxygen atoms in total. The Morgan fingerprint density at radius 3 is 2.77 bits per heavy atom. The Balaban J connectivity index is 1.53. The monoisotopic (exact) mass is 489 g/mol. The molecule has 0 radical (unpaired) electrons. The number of halogens is 1. The number of fused-ring (bicyclic) bond motifs is 2. The van der Waals surface area contributed by atoms with E-state index in [2.05, 4.69) is 32.8 Å². The molecule has 1 saturated heterocycles. The lowest BCUT2D eigenvalue weighted by atomic mass is 9.83. The molecular formula is C27H32ClN7. The highest BCUT2D eigenvalue weighted by molar-refractivity contribution is 6.30. The minimum absolute atomic E-state index is 0.370. The molecular weight excluding hydrogens is 458 g/mol. The van der Waals surface area contributed by atoms with Gasteiger partial charge in [0.05, 0.1) is 21.7 Å². The second-order valence-corrected chi connectivity index (χ2v) is 11.1. The van der Waals surface area contributed by atoms with Crippen LogP contribution in [-0.2, 0) is 6.54 Å². The first kappa shape index (κ1) is 22.8. The molecule has 0 unspecified atom stereocenters. The Morgan fingerprint density at radius 1 is 1.11 bits per heavy atom. The van der Waals surface area contributed by atoms with Crippen LogP contribution in [0, 0.1) is 23.2 Å². The summed E-state index contributed by atoms with van der Waals surface area (Å²) in [5, 5.41) is 14.0. The van der Waals surface area contributed by atoms with Gasteiger partial charge in [-0.15, -0.1) is 0 Å². The number of rotatable bonds is 4. The van der Waals surface area contributed by atoms with Crippen LogP contribution in [0.1, 0.15) is 57.6 Å². The molecule has 4 heterocycles. The van der Waals surface area contributed by atoms with Gasteiger partial charge in [0, 0.05) is 55.7 Å². The topological polar surface area (TPSA) is 82.7 Å². The smallest absolute Gasteiger partial charge is 0.206 e. The molecule has 3 aromatic rings. The van der Waals surface area contributed by atoms with Crippen molar-refractivity contribution in [2.45, 2.75) is 70.5 Å². The number of pyridine rings is 2. The normalized spacial score (nSPS) is 26.6. The number of hydrogen-bond acceptors (Lipinski definition) is 6. The Bertz CT molecular complexity index is 1270. The summed E-state index contributed by atoms with van der Waals surface area (Å²) in [7, 11) is 0. The second kappa shape index (κ2) is 9.40. The van der Waals surface area contributed by atoms with Crippen molar-refractivity contribution in [3.8, 4) is 17.3 Å². The quantitative estimate of drug-likeness (QED) is 0.544. The van der Waals surface area contributed by atoms with Gasteiger partial charge in [-0.05, 0) is 50.0 Å². The van der Waals surface area contributed by atoms with Gasteiger partial charge in [0.15, 0.2) is 0 Å². The number of nitrogens with zero attached hydrogens (tertiary/aromatic N) is 6. The first-order valence-electron chi connectivity index (χ1n) is 13.0. The molecule has 0 spiro atoms. The van der Waals surface area contributed by atoms with E-state index >= 15 is 0 Å². The molecule has 6 rings (SSSR count). The summed E-state index contributed by atoms with van der Waals surface area (Å²) in [6.45, 7) is 5.21. The molecule has 3 fully saturated rings. The van der Waals surface area contributed by atoms with E-state index < -0.39 is 0 Å². The molecule has 0 bridgehead atoms. The molecule has 3 aromatic heterocycles. The van der Waals surface area contributed by atoms with Crippen LogP contribution in [-0.4, -0.2) is 44.7 Å². The van der Waals surface area contributed by atoms with E-state index in [1.54, 1.807) is 12.4 Å². The Hall–Kier alpha value is -2.69. The number of imidazole rings is 1. The second-order valence-electron chi connectivity index (χ2n) is 10.6.